The number of rotatable bonds is 4. The average molecular weight is 412 g/mol. The van der Waals surface area contributed by atoms with Crippen molar-refractivity contribution in [3.63, 3.8) is 0 Å². The zero-order valence-corrected chi connectivity index (χ0v) is 17.1. The van der Waals surface area contributed by atoms with Gasteiger partial charge in [0.05, 0.1) is 6.04 Å². The Labute approximate surface area is 176 Å². The van der Waals surface area contributed by atoms with Crippen molar-refractivity contribution in [1.82, 2.24) is 10.4 Å². The first-order valence-corrected chi connectivity index (χ1v) is 10.3. The Hall–Kier alpha value is -2.45. The van der Waals surface area contributed by atoms with E-state index in [1.807, 2.05) is 36.4 Å². The van der Waals surface area contributed by atoms with Crippen molar-refractivity contribution in [2.24, 2.45) is 5.41 Å². The number of benzene rings is 2. The third-order valence-corrected chi connectivity index (χ3v) is 6.34. The predicted molar refractivity (Wildman–Crippen MR) is 110 cm³/mol. The molecule has 2 atom stereocenters. The van der Waals surface area contributed by atoms with Crippen molar-refractivity contribution < 1.29 is 24.6 Å². The summed E-state index contributed by atoms with van der Waals surface area (Å²) in [4.78, 5) is 13.9. The molecule has 0 aliphatic carbocycles. The summed E-state index contributed by atoms with van der Waals surface area (Å²) in [6, 6.07) is 15.0. The normalized spacial score (nSPS) is 22.3. The molecule has 0 bridgehead atoms. The van der Waals surface area contributed by atoms with E-state index in [0.717, 1.165) is 24.0 Å². The summed E-state index contributed by atoms with van der Waals surface area (Å²) in [5, 5.41) is 20.5. The Kier molecular flexibility index (Phi) is 6.06. The molecule has 3 N–H and O–H groups in total. The second kappa shape index (κ2) is 8.73. The maximum Gasteiger partial charge on any atom is 0.274 e. The number of nitrogens with zero attached hydrogens (tertiary/aromatic N) is 1. The van der Waals surface area contributed by atoms with Gasteiger partial charge in [0.25, 0.3) is 5.91 Å². The van der Waals surface area contributed by atoms with Crippen LogP contribution in [0.15, 0.2) is 48.5 Å². The summed E-state index contributed by atoms with van der Waals surface area (Å²) in [7, 11) is 0. The van der Waals surface area contributed by atoms with Crippen LogP contribution in [0.1, 0.15) is 47.3 Å². The van der Waals surface area contributed by atoms with Gasteiger partial charge >= 0.3 is 0 Å². The van der Waals surface area contributed by atoms with Gasteiger partial charge in [-0.3, -0.25) is 14.9 Å². The van der Waals surface area contributed by atoms with Crippen LogP contribution in [-0.4, -0.2) is 47.2 Å². The minimum Gasteiger partial charge on any atom is -0.491 e. The molecule has 0 saturated carbocycles. The second-order valence-electron chi connectivity index (χ2n) is 8.31. The van der Waals surface area contributed by atoms with Gasteiger partial charge in [0.15, 0.2) is 0 Å². The van der Waals surface area contributed by atoms with E-state index in [-0.39, 0.29) is 11.5 Å². The fraction of sp³-hybridized carbons (Fsp3) is 0.435. The molecule has 160 valence electrons. The molecule has 2 aliphatic rings. The standard InChI is InChI=1S/C23H28N2O5/c1-23(9-11-29-12-10-23)22(27)25-14-18-8-7-17(21(26)24-28)13-20(18)30-15-19(25)16-5-3-2-4-6-16/h2-8,13,19,22,27-28H,9-12,14-15H2,1H3,(H,24,26)/t19-,22?/m1/s1. The van der Waals surface area contributed by atoms with Crippen molar-refractivity contribution in [1.29, 1.82) is 0 Å². The number of carbonyl (C=O) groups excluding carboxylic acids is 1. The third kappa shape index (κ3) is 4.06. The van der Waals surface area contributed by atoms with Gasteiger partial charge in [0.1, 0.15) is 18.6 Å². The summed E-state index contributed by atoms with van der Waals surface area (Å²) < 4.78 is 11.6. The highest BCUT2D eigenvalue weighted by Crippen LogP contribution is 2.41. The van der Waals surface area contributed by atoms with Gasteiger partial charge in [-0.05, 0) is 30.5 Å². The van der Waals surface area contributed by atoms with E-state index in [1.165, 1.54) is 0 Å². The van der Waals surface area contributed by atoms with Crippen molar-refractivity contribution in [3.05, 3.63) is 65.2 Å². The van der Waals surface area contributed by atoms with Crippen molar-refractivity contribution in [3.8, 4) is 5.75 Å². The number of hydrogen-bond acceptors (Lipinski definition) is 6. The number of aliphatic hydroxyl groups excluding tert-OH is 1. The SMILES string of the molecule is CC1(C(O)N2Cc3ccc(C(=O)NO)cc3OC[C@@H]2c2ccccc2)CCOCC1. The molecule has 2 aromatic carbocycles. The molecule has 1 saturated heterocycles. The van der Waals surface area contributed by atoms with Crippen molar-refractivity contribution in [2.75, 3.05) is 19.8 Å². The minimum absolute atomic E-state index is 0.150. The summed E-state index contributed by atoms with van der Waals surface area (Å²) in [6.07, 6.45) is 0.895. The van der Waals surface area contributed by atoms with Gasteiger partial charge in [0.2, 0.25) is 0 Å². The maximum absolute atomic E-state index is 11.8. The molecular formula is C23H28N2O5. The number of fused-ring (bicyclic) bond motifs is 1. The highest BCUT2D eigenvalue weighted by molar-refractivity contribution is 5.93. The second-order valence-corrected chi connectivity index (χ2v) is 8.31. The fourth-order valence-corrected chi connectivity index (χ4v) is 4.31. The van der Waals surface area contributed by atoms with E-state index in [2.05, 4.69) is 11.8 Å². The number of amides is 1. The highest BCUT2D eigenvalue weighted by Gasteiger charge is 2.42. The number of nitrogens with one attached hydrogen (secondary N) is 1. The van der Waals surface area contributed by atoms with E-state index in [1.54, 1.807) is 17.6 Å². The summed E-state index contributed by atoms with van der Waals surface area (Å²) in [5.41, 5.74) is 3.64. The maximum atomic E-state index is 11.8. The molecule has 1 amide bonds. The Morgan fingerprint density at radius 1 is 1.20 bits per heavy atom. The topological polar surface area (TPSA) is 91.3 Å². The Morgan fingerprint density at radius 3 is 2.63 bits per heavy atom. The summed E-state index contributed by atoms with van der Waals surface area (Å²) in [6.45, 7) is 4.22. The average Bonchev–Trinajstić information content (AvgIpc) is 2.98. The van der Waals surface area contributed by atoms with Gasteiger partial charge in [-0.15, -0.1) is 0 Å². The van der Waals surface area contributed by atoms with Crippen LogP contribution in [0.3, 0.4) is 0 Å². The first-order valence-electron chi connectivity index (χ1n) is 10.3. The highest BCUT2D eigenvalue weighted by atomic mass is 16.5. The minimum atomic E-state index is -0.679. The van der Waals surface area contributed by atoms with Crippen LogP contribution in [0.2, 0.25) is 0 Å². The first kappa shape index (κ1) is 20.8. The molecule has 2 heterocycles. The number of hydrogen-bond donors (Lipinski definition) is 3. The van der Waals surface area contributed by atoms with Gasteiger partial charge in [-0.25, -0.2) is 5.48 Å². The number of carbonyl (C=O) groups is 1. The molecule has 0 spiro atoms. The number of hydroxylamine groups is 1. The molecule has 0 radical (unpaired) electrons. The summed E-state index contributed by atoms with van der Waals surface area (Å²) >= 11 is 0. The van der Waals surface area contributed by atoms with Gasteiger partial charge < -0.3 is 14.6 Å². The zero-order chi connectivity index (χ0) is 21.1. The fourth-order valence-electron chi connectivity index (χ4n) is 4.31. The van der Waals surface area contributed by atoms with E-state index in [9.17, 15) is 9.90 Å². The van der Waals surface area contributed by atoms with Crippen LogP contribution >= 0.6 is 0 Å². The first-order chi connectivity index (χ1) is 14.5. The van der Waals surface area contributed by atoms with Crippen LogP contribution in [0.4, 0.5) is 0 Å². The van der Waals surface area contributed by atoms with E-state index >= 15 is 0 Å². The Bertz CT molecular complexity index is 882. The molecule has 0 aromatic heterocycles. The van der Waals surface area contributed by atoms with Gasteiger partial charge in [0, 0.05) is 36.3 Å². The quantitative estimate of drug-likeness (QED) is 0.528. The molecule has 7 heteroatoms. The molecule has 2 aromatic rings. The lowest BCUT2D eigenvalue weighted by atomic mass is 9.79. The van der Waals surface area contributed by atoms with Gasteiger partial charge in [-0.2, -0.15) is 0 Å². The lowest BCUT2D eigenvalue weighted by Crippen LogP contribution is -2.50. The van der Waals surface area contributed by atoms with E-state index in [0.29, 0.717) is 37.7 Å². The molecule has 1 unspecified atom stereocenters. The van der Waals surface area contributed by atoms with Crippen LogP contribution in [0, 0.1) is 5.41 Å². The number of aliphatic hydroxyl groups is 1. The lowest BCUT2D eigenvalue weighted by molar-refractivity contribution is -0.144. The molecule has 2 aliphatic heterocycles. The smallest absolute Gasteiger partial charge is 0.274 e. The van der Waals surface area contributed by atoms with Crippen molar-refractivity contribution in [2.45, 2.75) is 38.6 Å². The monoisotopic (exact) mass is 412 g/mol. The Balaban J connectivity index is 1.70. The molecule has 7 nitrogen and oxygen atoms in total. The lowest BCUT2D eigenvalue weighted by Gasteiger charge is -2.45. The number of ether oxygens (including phenoxy) is 2. The van der Waals surface area contributed by atoms with Crippen LogP contribution in [-0.2, 0) is 11.3 Å². The molecule has 30 heavy (non-hydrogen) atoms. The van der Waals surface area contributed by atoms with Gasteiger partial charge in [-0.1, -0.05) is 43.3 Å². The van der Waals surface area contributed by atoms with Crippen molar-refractivity contribution >= 4 is 5.91 Å². The van der Waals surface area contributed by atoms with E-state index in [4.69, 9.17) is 14.7 Å². The van der Waals surface area contributed by atoms with E-state index < -0.39 is 12.1 Å². The van der Waals surface area contributed by atoms with Crippen LogP contribution < -0.4 is 10.2 Å². The summed E-state index contributed by atoms with van der Waals surface area (Å²) in [5.74, 6) is 0.000672. The van der Waals surface area contributed by atoms with Crippen LogP contribution in [0.5, 0.6) is 5.75 Å². The Morgan fingerprint density at radius 2 is 1.93 bits per heavy atom. The molecule has 1 fully saturated rings. The predicted octanol–water partition coefficient (Wildman–Crippen LogP) is 2.88. The van der Waals surface area contributed by atoms with Crippen LogP contribution in [0.25, 0.3) is 0 Å². The third-order valence-electron chi connectivity index (χ3n) is 6.34. The largest absolute Gasteiger partial charge is 0.491 e. The zero-order valence-electron chi connectivity index (χ0n) is 17.1. The molecular weight excluding hydrogens is 384 g/mol. The molecule has 4 rings (SSSR count).